The van der Waals surface area contributed by atoms with E-state index in [-0.39, 0.29) is 27.6 Å². The van der Waals surface area contributed by atoms with Crippen LogP contribution in [0.1, 0.15) is 38.7 Å². The van der Waals surface area contributed by atoms with E-state index < -0.39 is 17.7 Å². The van der Waals surface area contributed by atoms with Crippen LogP contribution in [-0.4, -0.2) is 26.6 Å². The van der Waals surface area contributed by atoms with Crippen molar-refractivity contribution in [2.45, 2.75) is 12.3 Å². The molecule has 6 nitrogen and oxygen atoms in total. The van der Waals surface area contributed by atoms with Gasteiger partial charge in [0.25, 0.3) is 0 Å². The Kier molecular flexibility index (Phi) is 7.14. The average Bonchev–Trinajstić information content (AvgIpc) is 3.34. The predicted molar refractivity (Wildman–Crippen MR) is 135 cm³/mol. The molecule has 4 rings (SSSR count). The first-order chi connectivity index (χ1) is 16.8. The lowest BCUT2D eigenvalue weighted by Gasteiger charge is -2.20. The second kappa shape index (κ2) is 10.2. The number of rotatable bonds is 7. The molecule has 178 valence electrons. The van der Waals surface area contributed by atoms with Gasteiger partial charge >= 0.3 is 5.97 Å². The number of halogens is 2. The Morgan fingerprint density at radius 2 is 1.86 bits per heavy atom. The lowest BCUT2D eigenvalue weighted by molar-refractivity contribution is 0.0702. The molecule has 0 aliphatic rings. The lowest BCUT2D eigenvalue weighted by atomic mass is 9.85. The minimum absolute atomic E-state index is 0.147. The summed E-state index contributed by atoms with van der Waals surface area (Å²) in [6, 6.07) is 16.3. The fraction of sp³-hybridized carbons (Fsp3) is 0.115. The van der Waals surface area contributed by atoms with Gasteiger partial charge in [0, 0.05) is 42.2 Å². The molecule has 0 amide bonds. The number of aromatic nitrogens is 1. The van der Waals surface area contributed by atoms with Crippen LogP contribution in [0.5, 0.6) is 0 Å². The molecule has 2 aromatic carbocycles. The van der Waals surface area contributed by atoms with Crippen molar-refractivity contribution >= 4 is 34.6 Å². The summed E-state index contributed by atoms with van der Waals surface area (Å²) in [5, 5.41) is 24.4. The van der Waals surface area contributed by atoms with Crippen molar-refractivity contribution in [2.24, 2.45) is 12.2 Å². The monoisotopic (exact) mass is 510 g/mol. The standard InChI is InChI=1S/C26H20ClFN2O4S/c1-30-13-17(6-9-25(30)31)23(29-34)12-21(20-8-7-19(27)11-22(20)28)16-4-2-15(3-5-16)18-10-24(26(32)33)35-14-18/h2-11,13-14,21,34H,12H2,1H3,(H,32,33). The molecule has 2 aromatic heterocycles. The molecular weight excluding hydrogens is 491 g/mol. The molecule has 0 saturated carbocycles. The van der Waals surface area contributed by atoms with Gasteiger partial charge < -0.3 is 14.9 Å². The largest absolute Gasteiger partial charge is 0.477 e. The third-order valence-corrected chi connectivity index (χ3v) is 6.89. The lowest BCUT2D eigenvalue weighted by Crippen LogP contribution is -2.18. The van der Waals surface area contributed by atoms with Crippen LogP contribution < -0.4 is 5.56 Å². The topological polar surface area (TPSA) is 91.9 Å². The summed E-state index contributed by atoms with van der Waals surface area (Å²) in [5.74, 6) is -2.00. The fourth-order valence-corrected chi connectivity index (χ4v) is 4.79. The normalized spacial score (nSPS) is 12.5. The summed E-state index contributed by atoms with van der Waals surface area (Å²) >= 11 is 7.11. The van der Waals surface area contributed by atoms with Gasteiger partial charge in [-0.2, -0.15) is 0 Å². The van der Waals surface area contributed by atoms with Gasteiger partial charge in [-0.15, -0.1) is 11.3 Å². The number of thiophene rings is 1. The van der Waals surface area contributed by atoms with Gasteiger partial charge in [-0.1, -0.05) is 47.1 Å². The maximum atomic E-state index is 15.0. The van der Waals surface area contributed by atoms with Crippen LogP contribution in [0.3, 0.4) is 0 Å². The van der Waals surface area contributed by atoms with E-state index in [1.54, 1.807) is 42.9 Å². The van der Waals surface area contributed by atoms with Crippen molar-refractivity contribution in [3.63, 3.8) is 0 Å². The summed E-state index contributed by atoms with van der Waals surface area (Å²) < 4.78 is 16.4. The van der Waals surface area contributed by atoms with Crippen molar-refractivity contribution in [1.82, 2.24) is 4.57 Å². The highest BCUT2D eigenvalue weighted by molar-refractivity contribution is 7.12. The van der Waals surface area contributed by atoms with Crippen LogP contribution in [0.15, 0.2) is 82.2 Å². The molecule has 0 radical (unpaired) electrons. The van der Waals surface area contributed by atoms with Crippen LogP contribution >= 0.6 is 22.9 Å². The van der Waals surface area contributed by atoms with E-state index in [0.717, 1.165) is 28.0 Å². The quantitative estimate of drug-likeness (QED) is 0.181. The van der Waals surface area contributed by atoms with Gasteiger partial charge in [0.2, 0.25) is 5.56 Å². The van der Waals surface area contributed by atoms with Crippen molar-refractivity contribution in [2.75, 3.05) is 0 Å². The highest BCUT2D eigenvalue weighted by Crippen LogP contribution is 2.34. The van der Waals surface area contributed by atoms with Crippen molar-refractivity contribution in [3.8, 4) is 11.1 Å². The predicted octanol–water partition coefficient (Wildman–Crippen LogP) is 6.01. The van der Waals surface area contributed by atoms with Crippen LogP contribution in [0.4, 0.5) is 4.39 Å². The summed E-state index contributed by atoms with van der Waals surface area (Å²) in [5.41, 5.74) is 3.34. The van der Waals surface area contributed by atoms with E-state index in [0.29, 0.717) is 11.1 Å². The Morgan fingerprint density at radius 3 is 2.46 bits per heavy atom. The zero-order valence-corrected chi connectivity index (χ0v) is 20.1. The van der Waals surface area contributed by atoms with Gasteiger partial charge in [0.15, 0.2) is 0 Å². The third-order valence-electron chi connectivity index (χ3n) is 5.73. The van der Waals surface area contributed by atoms with Crippen LogP contribution in [0.2, 0.25) is 5.02 Å². The van der Waals surface area contributed by atoms with E-state index in [1.165, 1.54) is 16.7 Å². The number of carboxylic acid groups (broad SMARTS) is 1. The maximum Gasteiger partial charge on any atom is 0.345 e. The van der Waals surface area contributed by atoms with Gasteiger partial charge in [0.1, 0.15) is 10.7 Å². The smallest absolute Gasteiger partial charge is 0.345 e. The minimum atomic E-state index is -0.981. The molecule has 0 fully saturated rings. The molecule has 2 N–H and O–H groups in total. The number of carbonyl (C=O) groups is 1. The number of carboxylic acids is 1. The number of nitrogens with zero attached hydrogens (tertiary/aromatic N) is 2. The van der Waals surface area contributed by atoms with Crippen molar-refractivity contribution < 1.29 is 19.5 Å². The van der Waals surface area contributed by atoms with Crippen molar-refractivity contribution in [1.29, 1.82) is 0 Å². The van der Waals surface area contributed by atoms with E-state index >= 15 is 0 Å². The molecule has 1 atom stereocenters. The highest BCUT2D eigenvalue weighted by atomic mass is 35.5. The molecule has 1 unspecified atom stereocenters. The number of hydrogen-bond acceptors (Lipinski definition) is 5. The maximum absolute atomic E-state index is 15.0. The Morgan fingerprint density at radius 1 is 1.11 bits per heavy atom. The Bertz CT molecular complexity index is 1480. The van der Waals surface area contributed by atoms with E-state index in [2.05, 4.69) is 5.16 Å². The third kappa shape index (κ3) is 5.34. The zero-order chi connectivity index (χ0) is 25.1. The van der Waals surface area contributed by atoms with Gasteiger partial charge in [0.05, 0.1) is 5.71 Å². The first-order valence-corrected chi connectivity index (χ1v) is 11.8. The highest BCUT2D eigenvalue weighted by Gasteiger charge is 2.22. The molecule has 35 heavy (non-hydrogen) atoms. The molecule has 0 bridgehead atoms. The van der Waals surface area contributed by atoms with E-state index in [9.17, 15) is 24.3 Å². The number of aromatic carboxylic acids is 1. The van der Waals surface area contributed by atoms with Gasteiger partial charge in [-0.3, -0.25) is 4.79 Å². The first-order valence-electron chi connectivity index (χ1n) is 10.5. The number of oxime groups is 1. The molecule has 0 aliphatic carbocycles. The van der Waals surface area contributed by atoms with E-state index in [1.807, 2.05) is 24.3 Å². The van der Waals surface area contributed by atoms with Crippen LogP contribution in [-0.2, 0) is 7.05 Å². The Hall–Kier alpha value is -3.75. The average molecular weight is 511 g/mol. The molecule has 2 heterocycles. The summed E-state index contributed by atoms with van der Waals surface area (Å²) in [6.45, 7) is 0. The summed E-state index contributed by atoms with van der Waals surface area (Å²) in [4.78, 5) is 23.2. The first kappa shape index (κ1) is 24.4. The number of hydrogen-bond donors (Lipinski definition) is 2. The molecule has 0 spiro atoms. The Balaban J connectivity index is 1.73. The fourth-order valence-electron chi connectivity index (χ4n) is 3.87. The number of pyridine rings is 1. The number of aryl methyl sites for hydroxylation is 1. The Labute approximate surface area is 209 Å². The second-order valence-corrected chi connectivity index (χ2v) is 9.31. The van der Waals surface area contributed by atoms with Crippen molar-refractivity contribution in [3.05, 3.63) is 115 Å². The minimum Gasteiger partial charge on any atom is -0.477 e. The summed E-state index contributed by atoms with van der Waals surface area (Å²) in [6.07, 6.45) is 1.71. The van der Waals surface area contributed by atoms with Crippen LogP contribution in [0.25, 0.3) is 11.1 Å². The molecule has 0 aliphatic heterocycles. The molecule has 0 saturated heterocycles. The van der Waals surface area contributed by atoms with E-state index in [4.69, 9.17) is 11.6 Å². The van der Waals surface area contributed by atoms with Gasteiger partial charge in [-0.05, 0) is 51.9 Å². The van der Waals surface area contributed by atoms with Gasteiger partial charge in [-0.25, -0.2) is 9.18 Å². The number of benzene rings is 2. The zero-order valence-electron chi connectivity index (χ0n) is 18.5. The van der Waals surface area contributed by atoms with Crippen LogP contribution in [0, 0.1) is 5.82 Å². The molecule has 4 aromatic rings. The second-order valence-electron chi connectivity index (χ2n) is 7.96. The molecular formula is C26H20ClFN2O4S. The SMILES string of the molecule is Cn1cc(C(CC(c2ccc(-c3csc(C(=O)O)c3)cc2)c2ccc(Cl)cc2F)=NO)ccc1=O. The molecule has 9 heteroatoms. The summed E-state index contributed by atoms with van der Waals surface area (Å²) in [7, 11) is 1.59.